The lowest BCUT2D eigenvalue weighted by Crippen LogP contribution is -2.43. The van der Waals surface area contributed by atoms with Crippen LogP contribution in [-0.4, -0.2) is 17.0 Å². The minimum atomic E-state index is -0.834. The highest BCUT2D eigenvalue weighted by atomic mass is 35.5. The van der Waals surface area contributed by atoms with Gasteiger partial charge in [-0.3, -0.25) is 15.0 Å². The number of carbonyl (C=O) groups is 2. The van der Waals surface area contributed by atoms with Crippen LogP contribution in [0.25, 0.3) is 0 Å². The molecule has 5 nitrogen and oxygen atoms in total. The molecule has 1 aliphatic heterocycles. The van der Waals surface area contributed by atoms with E-state index in [0.29, 0.717) is 18.5 Å². The van der Waals surface area contributed by atoms with E-state index in [-0.39, 0.29) is 24.2 Å². The number of carboxylic acids is 1. The van der Waals surface area contributed by atoms with Crippen molar-refractivity contribution in [3.8, 4) is 0 Å². The summed E-state index contributed by atoms with van der Waals surface area (Å²) < 4.78 is 0. The van der Waals surface area contributed by atoms with Gasteiger partial charge in [-0.2, -0.15) is 0 Å². The van der Waals surface area contributed by atoms with Crippen LogP contribution in [0.3, 0.4) is 0 Å². The third kappa shape index (κ3) is 2.94. The summed E-state index contributed by atoms with van der Waals surface area (Å²) >= 11 is 0. The fourth-order valence-corrected chi connectivity index (χ4v) is 2.65. The van der Waals surface area contributed by atoms with Crippen molar-refractivity contribution in [1.82, 2.24) is 10.9 Å². The average Bonchev–Trinajstić information content (AvgIpc) is 2.39. The normalized spacial score (nSPS) is 16.4. The van der Waals surface area contributed by atoms with Gasteiger partial charge in [0.2, 0.25) is 0 Å². The average molecular weight is 299 g/mol. The van der Waals surface area contributed by atoms with E-state index in [2.05, 4.69) is 10.9 Å². The number of hydrogen-bond acceptors (Lipinski definition) is 3. The molecule has 2 atom stereocenters. The van der Waals surface area contributed by atoms with Crippen LogP contribution in [-0.2, 0) is 11.3 Å². The van der Waals surface area contributed by atoms with E-state index < -0.39 is 11.9 Å². The maximum Gasteiger partial charge on any atom is 0.306 e. The van der Waals surface area contributed by atoms with Crippen molar-refractivity contribution in [1.29, 1.82) is 0 Å². The molecule has 1 aromatic carbocycles. The maximum atomic E-state index is 12.0. The zero-order chi connectivity index (χ0) is 14.0. The Bertz CT molecular complexity index is 519. The summed E-state index contributed by atoms with van der Waals surface area (Å²) in [5, 5.41) is 9.20. The van der Waals surface area contributed by atoms with E-state index in [1.54, 1.807) is 6.92 Å². The minimum absolute atomic E-state index is 0. The summed E-state index contributed by atoms with van der Waals surface area (Å²) in [6, 6.07) is 5.63. The van der Waals surface area contributed by atoms with Crippen molar-refractivity contribution in [3.63, 3.8) is 0 Å². The first-order valence-corrected chi connectivity index (χ1v) is 6.44. The van der Waals surface area contributed by atoms with Crippen molar-refractivity contribution in [2.24, 2.45) is 5.92 Å². The standard InChI is InChI=1S/C14H18N2O3.ClH/c1-3-10(8(2)14(18)19)11-6-4-5-9-7-15-16-13(17)12(9)11;/h4-6,8,10,15H,3,7H2,1-2H3,(H,16,17)(H,18,19);1H/t8-,10+;/m0./s1. The van der Waals surface area contributed by atoms with Crippen LogP contribution in [0, 0.1) is 5.92 Å². The Morgan fingerprint density at radius 1 is 1.45 bits per heavy atom. The highest BCUT2D eigenvalue weighted by molar-refractivity contribution is 5.98. The topological polar surface area (TPSA) is 78.4 Å². The van der Waals surface area contributed by atoms with Crippen LogP contribution < -0.4 is 10.9 Å². The van der Waals surface area contributed by atoms with Crippen molar-refractivity contribution < 1.29 is 14.7 Å². The molecule has 0 aliphatic carbocycles. The van der Waals surface area contributed by atoms with Gasteiger partial charge in [-0.25, -0.2) is 5.43 Å². The Morgan fingerprint density at radius 2 is 2.15 bits per heavy atom. The maximum absolute atomic E-state index is 12.0. The largest absolute Gasteiger partial charge is 0.481 e. The number of fused-ring (bicyclic) bond motifs is 1. The second-order valence-corrected chi connectivity index (χ2v) is 4.83. The van der Waals surface area contributed by atoms with Gasteiger partial charge in [-0.05, 0) is 23.5 Å². The summed E-state index contributed by atoms with van der Waals surface area (Å²) in [7, 11) is 0. The number of nitrogens with one attached hydrogen (secondary N) is 2. The van der Waals surface area contributed by atoms with E-state index in [1.165, 1.54) is 0 Å². The fraction of sp³-hybridized carbons (Fsp3) is 0.429. The molecular formula is C14H19ClN2O3. The van der Waals surface area contributed by atoms with E-state index in [1.807, 2.05) is 25.1 Å². The third-order valence-corrected chi connectivity index (χ3v) is 3.72. The van der Waals surface area contributed by atoms with Gasteiger partial charge in [0.15, 0.2) is 0 Å². The number of carbonyl (C=O) groups excluding carboxylic acids is 1. The molecule has 0 saturated carbocycles. The van der Waals surface area contributed by atoms with Gasteiger partial charge in [-0.15, -0.1) is 12.4 Å². The lowest BCUT2D eigenvalue weighted by molar-refractivity contribution is -0.141. The first-order chi connectivity index (χ1) is 9.06. The number of aliphatic carboxylic acids is 1. The Morgan fingerprint density at radius 3 is 2.75 bits per heavy atom. The molecule has 0 spiro atoms. The Hall–Kier alpha value is -1.59. The van der Waals surface area contributed by atoms with E-state index in [4.69, 9.17) is 0 Å². The molecule has 0 aromatic heterocycles. The molecule has 0 bridgehead atoms. The monoisotopic (exact) mass is 298 g/mol. The molecule has 20 heavy (non-hydrogen) atoms. The van der Waals surface area contributed by atoms with Gasteiger partial charge in [0.1, 0.15) is 0 Å². The quantitative estimate of drug-likeness (QED) is 0.795. The van der Waals surface area contributed by atoms with E-state index in [0.717, 1.165) is 11.1 Å². The highest BCUT2D eigenvalue weighted by Gasteiger charge is 2.29. The third-order valence-electron chi connectivity index (χ3n) is 3.72. The van der Waals surface area contributed by atoms with E-state index >= 15 is 0 Å². The molecule has 6 heteroatoms. The zero-order valence-corrected chi connectivity index (χ0v) is 12.3. The van der Waals surface area contributed by atoms with Gasteiger partial charge < -0.3 is 5.11 Å². The summed E-state index contributed by atoms with van der Waals surface area (Å²) in [5.74, 6) is -1.69. The van der Waals surface area contributed by atoms with Gasteiger partial charge >= 0.3 is 5.97 Å². The number of halogens is 1. The minimum Gasteiger partial charge on any atom is -0.481 e. The van der Waals surface area contributed by atoms with Gasteiger partial charge in [-0.1, -0.05) is 32.0 Å². The molecule has 1 aliphatic rings. The first-order valence-electron chi connectivity index (χ1n) is 6.44. The second-order valence-electron chi connectivity index (χ2n) is 4.83. The first kappa shape index (κ1) is 16.5. The smallest absolute Gasteiger partial charge is 0.306 e. The summed E-state index contributed by atoms with van der Waals surface area (Å²) in [6.07, 6.45) is 0.685. The zero-order valence-electron chi connectivity index (χ0n) is 11.5. The Kier molecular flexibility index (Phi) is 5.53. The Labute approximate surface area is 124 Å². The van der Waals surface area contributed by atoms with Gasteiger partial charge in [0.05, 0.1) is 5.92 Å². The molecule has 0 fully saturated rings. The lowest BCUT2D eigenvalue weighted by Gasteiger charge is -2.26. The molecule has 110 valence electrons. The number of rotatable bonds is 4. The molecule has 0 saturated heterocycles. The Balaban J connectivity index is 0.00000200. The van der Waals surface area contributed by atoms with Crippen LogP contribution in [0.4, 0.5) is 0 Å². The predicted molar refractivity (Wildman–Crippen MR) is 77.8 cm³/mol. The molecule has 1 aromatic rings. The predicted octanol–water partition coefficient (Wildman–Crippen LogP) is 2.07. The van der Waals surface area contributed by atoms with Crippen LogP contribution in [0.15, 0.2) is 18.2 Å². The van der Waals surface area contributed by atoms with Crippen molar-refractivity contribution in [3.05, 3.63) is 34.9 Å². The SMILES string of the molecule is CC[C@@H](c1cccc2c1C(=O)NNC2)[C@H](C)C(=O)O.Cl. The fourth-order valence-electron chi connectivity index (χ4n) is 2.65. The number of amides is 1. The molecular weight excluding hydrogens is 280 g/mol. The number of hydrazine groups is 1. The van der Waals surface area contributed by atoms with Crippen LogP contribution in [0.5, 0.6) is 0 Å². The van der Waals surface area contributed by atoms with Crippen molar-refractivity contribution in [2.45, 2.75) is 32.7 Å². The molecule has 3 N–H and O–H groups in total. The van der Waals surface area contributed by atoms with Gasteiger partial charge in [0, 0.05) is 12.1 Å². The number of benzene rings is 1. The van der Waals surface area contributed by atoms with Crippen LogP contribution in [0.1, 0.15) is 47.7 Å². The molecule has 0 unspecified atom stereocenters. The molecule has 0 radical (unpaired) electrons. The second kappa shape index (κ2) is 6.72. The summed E-state index contributed by atoms with van der Waals surface area (Å²) in [4.78, 5) is 23.2. The van der Waals surface area contributed by atoms with Crippen molar-refractivity contribution >= 4 is 24.3 Å². The van der Waals surface area contributed by atoms with E-state index in [9.17, 15) is 14.7 Å². The molecule has 1 heterocycles. The number of hydrogen-bond donors (Lipinski definition) is 3. The highest BCUT2D eigenvalue weighted by Crippen LogP contribution is 2.32. The lowest BCUT2D eigenvalue weighted by atomic mass is 9.81. The molecule has 1 amide bonds. The molecule has 2 rings (SSSR count). The van der Waals surface area contributed by atoms with Crippen LogP contribution >= 0.6 is 12.4 Å². The summed E-state index contributed by atoms with van der Waals surface area (Å²) in [6.45, 7) is 4.20. The summed E-state index contributed by atoms with van der Waals surface area (Å²) in [5.41, 5.74) is 7.77. The van der Waals surface area contributed by atoms with Crippen LogP contribution in [0.2, 0.25) is 0 Å². The van der Waals surface area contributed by atoms with Crippen molar-refractivity contribution in [2.75, 3.05) is 0 Å². The van der Waals surface area contributed by atoms with Gasteiger partial charge in [0.25, 0.3) is 5.91 Å². The number of carboxylic acid groups (broad SMARTS) is 1.